The molecular formula is C27H42O15. The van der Waals surface area contributed by atoms with E-state index in [0.717, 1.165) is 0 Å². The summed E-state index contributed by atoms with van der Waals surface area (Å²) < 4.78 is 27.7. The predicted octanol–water partition coefficient (Wildman–Crippen LogP) is -2.00. The average Bonchev–Trinajstić information content (AvgIpc) is 3.19. The highest BCUT2D eigenvalue weighted by Crippen LogP contribution is 2.43. The molecule has 0 aromatic carbocycles. The second-order valence-corrected chi connectivity index (χ2v) is 11.8. The molecule has 15 nitrogen and oxygen atoms in total. The van der Waals surface area contributed by atoms with Crippen molar-refractivity contribution in [3.63, 3.8) is 0 Å². The van der Waals surface area contributed by atoms with E-state index < -0.39 is 98.4 Å². The summed E-state index contributed by atoms with van der Waals surface area (Å²) in [6.45, 7) is 3.37. The minimum atomic E-state index is -2.03. The van der Waals surface area contributed by atoms with Gasteiger partial charge >= 0.3 is 11.9 Å². The number of hydrogen-bond donors (Lipinski definition) is 7. The Kier molecular flexibility index (Phi) is 11.6. The van der Waals surface area contributed by atoms with Gasteiger partial charge < -0.3 is 59.4 Å². The molecule has 2 aliphatic heterocycles. The number of carboxylic acids is 1. The summed E-state index contributed by atoms with van der Waals surface area (Å²) in [6.07, 6.45) is -9.83. The monoisotopic (exact) mass is 606 g/mol. The number of hydrogen-bond acceptors (Lipinski definition) is 14. The molecule has 240 valence electrons. The fourth-order valence-corrected chi connectivity index (χ4v) is 5.57. The number of carbonyl (C=O) groups is 3. The predicted molar refractivity (Wildman–Crippen MR) is 138 cm³/mol. The van der Waals surface area contributed by atoms with E-state index in [2.05, 4.69) is 0 Å². The van der Waals surface area contributed by atoms with E-state index in [-0.39, 0.29) is 18.3 Å². The van der Waals surface area contributed by atoms with E-state index in [1.807, 2.05) is 13.8 Å². The van der Waals surface area contributed by atoms with Crippen molar-refractivity contribution < 1.29 is 73.8 Å². The standard InChI is InChI=1S/C27H42O15/c1-13(4-5-16-14(9-28)6-15(30)8-26(16,2)3)40-24-22(42-25-23(36)27(37,11-29)12-39-25)21(35)20(34)17(41-24)10-38-19(33)7-18(31)32/h6,13,16-17,20-25,28-29,34-37H,4-5,7-12H2,1-3H3,(H,31,32)/t13?,16?,17-,20-,21+,22-,23+,24-,25+,27-/m1/s1. The third kappa shape index (κ3) is 8.11. The number of aliphatic carboxylic acids is 1. The maximum absolute atomic E-state index is 12.1. The maximum Gasteiger partial charge on any atom is 0.317 e. The first-order valence-corrected chi connectivity index (χ1v) is 13.8. The molecule has 0 aromatic rings. The van der Waals surface area contributed by atoms with Crippen LogP contribution in [0.5, 0.6) is 0 Å². The largest absolute Gasteiger partial charge is 0.481 e. The van der Waals surface area contributed by atoms with Gasteiger partial charge in [-0.25, -0.2) is 0 Å². The number of aliphatic hydroxyl groups is 6. The van der Waals surface area contributed by atoms with Crippen LogP contribution in [0.2, 0.25) is 0 Å². The molecule has 7 N–H and O–H groups in total. The Morgan fingerprint density at radius 1 is 1.14 bits per heavy atom. The van der Waals surface area contributed by atoms with E-state index in [9.17, 15) is 45.0 Å². The van der Waals surface area contributed by atoms with Crippen LogP contribution >= 0.6 is 0 Å². The van der Waals surface area contributed by atoms with Crippen LogP contribution < -0.4 is 0 Å². The molecule has 2 unspecified atom stereocenters. The highest BCUT2D eigenvalue weighted by molar-refractivity contribution is 5.92. The first-order chi connectivity index (χ1) is 19.6. The van der Waals surface area contributed by atoms with Gasteiger partial charge in [0.2, 0.25) is 0 Å². The molecule has 2 heterocycles. The molecule has 15 heteroatoms. The number of carbonyl (C=O) groups excluding carboxylic acids is 2. The van der Waals surface area contributed by atoms with E-state index in [1.54, 1.807) is 6.92 Å². The first kappa shape index (κ1) is 34.4. The SMILES string of the molecule is CC(CCC1C(CO)=CC(=O)CC1(C)C)O[C@@H]1O[C@H](COC(=O)CC(=O)O)[C@@H](O)[C@H](O)[C@H]1O[C@@H]1OC[C@](O)(CO)[C@H]1O. The highest BCUT2D eigenvalue weighted by atomic mass is 16.8. The van der Waals surface area contributed by atoms with Crippen LogP contribution in [0, 0.1) is 11.3 Å². The number of ether oxygens (including phenoxy) is 5. The second-order valence-electron chi connectivity index (χ2n) is 11.8. The van der Waals surface area contributed by atoms with Crippen molar-refractivity contribution >= 4 is 17.7 Å². The van der Waals surface area contributed by atoms with Crippen molar-refractivity contribution in [3.05, 3.63) is 11.6 Å². The molecule has 0 aromatic heterocycles. The molecule has 0 radical (unpaired) electrons. The zero-order chi connectivity index (χ0) is 31.4. The lowest BCUT2D eigenvalue weighted by Gasteiger charge is -2.44. The minimum Gasteiger partial charge on any atom is -0.481 e. The molecule has 2 saturated heterocycles. The number of rotatable bonds is 13. The fourth-order valence-electron chi connectivity index (χ4n) is 5.57. The number of esters is 1. The zero-order valence-electron chi connectivity index (χ0n) is 23.8. The average molecular weight is 607 g/mol. The zero-order valence-corrected chi connectivity index (χ0v) is 23.8. The molecule has 1 aliphatic carbocycles. The van der Waals surface area contributed by atoms with Crippen LogP contribution in [-0.4, -0.2) is 135 Å². The summed E-state index contributed by atoms with van der Waals surface area (Å²) in [6, 6.07) is 0. The van der Waals surface area contributed by atoms with Crippen LogP contribution in [0.3, 0.4) is 0 Å². The molecule has 42 heavy (non-hydrogen) atoms. The third-order valence-corrected chi connectivity index (χ3v) is 8.00. The van der Waals surface area contributed by atoms with Gasteiger partial charge in [-0.1, -0.05) is 13.8 Å². The summed E-state index contributed by atoms with van der Waals surface area (Å²) in [4.78, 5) is 34.6. The fraction of sp³-hybridized carbons (Fsp3) is 0.815. The Hall–Kier alpha value is -2.05. The smallest absolute Gasteiger partial charge is 0.317 e. The molecular weight excluding hydrogens is 564 g/mol. The Morgan fingerprint density at radius 3 is 2.43 bits per heavy atom. The van der Waals surface area contributed by atoms with E-state index >= 15 is 0 Å². The lowest BCUT2D eigenvalue weighted by atomic mass is 9.66. The van der Waals surface area contributed by atoms with Crippen LogP contribution in [-0.2, 0) is 38.1 Å². The first-order valence-electron chi connectivity index (χ1n) is 13.8. The van der Waals surface area contributed by atoms with Crippen molar-refractivity contribution in [1.82, 2.24) is 0 Å². The molecule has 10 atom stereocenters. The summed E-state index contributed by atoms with van der Waals surface area (Å²) in [5.41, 5.74) is -1.83. The number of ketones is 1. The Balaban J connectivity index is 1.74. The topological polar surface area (TPSA) is 239 Å². The van der Waals surface area contributed by atoms with Crippen LogP contribution in [0.25, 0.3) is 0 Å². The summed E-state index contributed by atoms with van der Waals surface area (Å²) in [5, 5.41) is 70.4. The van der Waals surface area contributed by atoms with Crippen molar-refractivity contribution in [1.29, 1.82) is 0 Å². The van der Waals surface area contributed by atoms with Gasteiger partial charge in [0.15, 0.2) is 18.4 Å². The van der Waals surface area contributed by atoms with Gasteiger partial charge in [0, 0.05) is 6.42 Å². The molecule has 0 bridgehead atoms. The molecule has 3 aliphatic rings. The van der Waals surface area contributed by atoms with Gasteiger partial charge in [0.25, 0.3) is 0 Å². The van der Waals surface area contributed by atoms with Gasteiger partial charge in [-0.05, 0) is 42.7 Å². The quantitative estimate of drug-likeness (QED) is 0.0886. The van der Waals surface area contributed by atoms with Crippen LogP contribution in [0.15, 0.2) is 11.6 Å². The number of allylic oxidation sites excluding steroid dienone is 1. The molecule has 3 rings (SSSR count). The lowest BCUT2D eigenvalue weighted by molar-refractivity contribution is -0.343. The van der Waals surface area contributed by atoms with Crippen LogP contribution in [0.1, 0.15) is 46.5 Å². The number of carboxylic acid groups (broad SMARTS) is 1. The van der Waals surface area contributed by atoms with E-state index in [1.165, 1.54) is 6.08 Å². The van der Waals surface area contributed by atoms with Gasteiger partial charge in [-0.3, -0.25) is 14.4 Å². The van der Waals surface area contributed by atoms with Gasteiger partial charge in [0.1, 0.15) is 49.1 Å². The van der Waals surface area contributed by atoms with Crippen molar-refractivity contribution in [2.45, 2.75) is 101 Å². The lowest BCUT2D eigenvalue weighted by Crippen LogP contribution is -2.62. The van der Waals surface area contributed by atoms with Crippen molar-refractivity contribution in [3.8, 4) is 0 Å². The third-order valence-electron chi connectivity index (χ3n) is 8.00. The highest BCUT2D eigenvalue weighted by Gasteiger charge is 2.53. The number of aliphatic hydroxyl groups excluding tert-OH is 5. The maximum atomic E-state index is 12.1. The van der Waals surface area contributed by atoms with Gasteiger partial charge in [-0.15, -0.1) is 0 Å². The molecule has 0 amide bonds. The molecule has 0 spiro atoms. The molecule has 0 saturated carbocycles. The van der Waals surface area contributed by atoms with E-state index in [4.69, 9.17) is 28.8 Å². The van der Waals surface area contributed by atoms with E-state index in [0.29, 0.717) is 24.8 Å². The van der Waals surface area contributed by atoms with Crippen molar-refractivity contribution in [2.75, 3.05) is 26.4 Å². The summed E-state index contributed by atoms with van der Waals surface area (Å²) in [5.74, 6) is -2.70. The summed E-state index contributed by atoms with van der Waals surface area (Å²) >= 11 is 0. The second kappa shape index (κ2) is 14.2. The minimum absolute atomic E-state index is 0.0627. The Morgan fingerprint density at radius 2 is 1.83 bits per heavy atom. The van der Waals surface area contributed by atoms with Crippen LogP contribution in [0.4, 0.5) is 0 Å². The Bertz CT molecular complexity index is 998. The molecule has 2 fully saturated rings. The summed E-state index contributed by atoms with van der Waals surface area (Å²) in [7, 11) is 0. The Labute approximate surface area is 242 Å². The van der Waals surface area contributed by atoms with Crippen molar-refractivity contribution in [2.24, 2.45) is 11.3 Å². The normalized spacial score (nSPS) is 37.3. The van der Waals surface area contributed by atoms with Gasteiger partial charge in [0.05, 0.1) is 25.9 Å². The van der Waals surface area contributed by atoms with Gasteiger partial charge in [-0.2, -0.15) is 0 Å².